The number of hydrogen-bond donors (Lipinski definition) is 0. The zero-order valence-corrected chi connectivity index (χ0v) is 18.1. The number of carbonyl (C=O) groups excluding carboxylic acids is 1. The van der Waals surface area contributed by atoms with Gasteiger partial charge in [-0.2, -0.15) is 14.8 Å². The molecular weight excluding hydrogens is 388 g/mol. The lowest BCUT2D eigenvalue weighted by Crippen LogP contribution is -2.45. The van der Waals surface area contributed by atoms with Crippen molar-refractivity contribution in [3.63, 3.8) is 0 Å². The fourth-order valence-electron chi connectivity index (χ4n) is 4.01. The van der Waals surface area contributed by atoms with Gasteiger partial charge in [0.15, 0.2) is 0 Å². The van der Waals surface area contributed by atoms with Gasteiger partial charge in [-0.15, -0.1) is 0 Å². The molecule has 2 rings (SSSR count). The third-order valence-corrected chi connectivity index (χ3v) is 7.51. The zero-order valence-electron chi connectivity index (χ0n) is 17.3. The molecule has 0 bridgehead atoms. The van der Waals surface area contributed by atoms with Crippen molar-refractivity contribution in [2.24, 2.45) is 5.92 Å². The van der Waals surface area contributed by atoms with E-state index in [9.17, 15) is 13.2 Å². The molecular formula is C21H28N4O3S. The van der Waals surface area contributed by atoms with E-state index in [1.54, 1.807) is 4.90 Å². The minimum Gasteiger partial charge on any atom is -0.340 e. The minimum absolute atomic E-state index is 0.0877. The highest BCUT2D eigenvalue weighted by Gasteiger charge is 2.35. The lowest BCUT2D eigenvalue weighted by molar-refractivity contribution is -0.136. The summed E-state index contributed by atoms with van der Waals surface area (Å²) < 4.78 is 27.9. The van der Waals surface area contributed by atoms with Gasteiger partial charge in [0.2, 0.25) is 15.9 Å². The van der Waals surface area contributed by atoms with Crippen LogP contribution in [0, 0.1) is 49.4 Å². The first-order valence-corrected chi connectivity index (χ1v) is 11.3. The molecule has 0 aliphatic carbocycles. The van der Waals surface area contributed by atoms with Crippen molar-refractivity contribution < 1.29 is 13.2 Å². The van der Waals surface area contributed by atoms with E-state index >= 15 is 0 Å². The molecule has 0 radical (unpaired) electrons. The molecule has 1 fully saturated rings. The largest absolute Gasteiger partial charge is 0.340 e. The number of aryl methyl sites for hydroxylation is 3. The Labute approximate surface area is 173 Å². The van der Waals surface area contributed by atoms with Crippen LogP contribution in [0.5, 0.6) is 0 Å². The van der Waals surface area contributed by atoms with Gasteiger partial charge in [-0.25, -0.2) is 8.42 Å². The number of nitriles is 2. The second-order valence-electron chi connectivity index (χ2n) is 7.55. The Morgan fingerprint density at radius 2 is 1.55 bits per heavy atom. The van der Waals surface area contributed by atoms with Gasteiger partial charge in [0.05, 0.1) is 29.9 Å². The number of sulfonamides is 1. The summed E-state index contributed by atoms with van der Waals surface area (Å²) in [6.45, 7) is 6.75. The number of benzene rings is 1. The van der Waals surface area contributed by atoms with Crippen molar-refractivity contribution in [2.45, 2.75) is 51.3 Å². The van der Waals surface area contributed by atoms with Gasteiger partial charge >= 0.3 is 0 Å². The molecule has 7 nitrogen and oxygen atoms in total. The Kier molecular flexibility index (Phi) is 7.78. The van der Waals surface area contributed by atoms with Crippen LogP contribution in [-0.2, 0) is 14.8 Å². The third-order valence-electron chi connectivity index (χ3n) is 5.30. The van der Waals surface area contributed by atoms with Crippen LogP contribution in [0.1, 0.15) is 42.4 Å². The van der Waals surface area contributed by atoms with Crippen LogP contribution in [-0.4, -0.2) is 49.7 Å². The smallest absolute Gasteiger partial charge is 0.243 e. The second kappa shape index (κ2) is 9.87. The topological polar surface area (TPSA) is 105 Å². The summed E-state index contributed by atoms with van der Waals surface area (Å²) >= 11 is 0. The van der Waals surface area contributed by atoms with Gasteiger partial charge in [-0.3, -0.25) is 4.79 Å². The second-order valence-corrected chi connectivity index (χ2v) is 9.42. The van der Waals surface area contributed by atoms with Crippen LogP contribution in [0.15, 0.2) is 17.0 Å². The normalized spacial score (nSPS) is 15.5. The van der Waals surface area contributed by atoms with Crippen molar-refractivity contribution in [3.05, 3.63) is 28.8 Å². The molecule has 0 atom stereocenters. The van der Waals surface area contributed by atoms with Crippen LogP contribution in [0.2, 0.25) is 0 Å². The predicted molar refractivity (Wildman–Crippen MR) is 109 cm³/mol. The SMILES string of the molecule is Cc1cc(C)c(S(=O)(=O)N2CCC(C(=O)N(CCC#N)CCC#N)CC2)c(C)c1. The molecule has 0 unspecified atom stereocenters. The molecule has 1 aliphatic rings. The number of nitrogens with zero attached hydrogens (tertiary/aromatic N) is 4. The summed E-state index contributed by atoms with van der Waals surface area (Å²) in [5.74, 6) is -0.366. The van der Waals surface area contributed by atoms with Gasteiger partial charge in [-0.1, -0.05) is 17.7 Å². The van der Waals surface area contributed by atoms with Crippen molar-refractivity contribution in [1.29, 1.82) is 10.5 Å². The first-order valence-electron chi connectivity index (χ1n) is 9.83. The molecule has 156 valence electrons. The van der Waals surface area contributed by atoms with Gasteiger partial charge in [0.1, 0.15) is 0 Å². The average molecular weight is 417 g/mol. The summed E-state index contributed by atoms with van der Waals surface area (Å²) in [6.07, 6.45) is 1.32. The quantitative estimate of drug-likeness (QED) is 0.679. The first kappa shape index (κ1) is 22.9. The molecule has 1 saturated heterocycles. The Morgan fingerprint density at radius 3 is 2.00 bits per heavy atom. The van der Waals surface area contributed by atoms with Crippen LogP contribution in [0.4, 0.5) is 0 Å². The summed E-state index contributed by atoms with van der Waals surface area (Å²) in [6, 6.07) is 7.80. The summed E-state index contributed by atoms with van der Waals surface area (Å²) in [5.41, 5.74) is 2.50. The minimum atomic E-state index is -3.62. The highest BCUT2D eigenvalue weighted by Crippen LogP contribution is 2.29. The molecule has 1 aliphatic heterocycles. The Hall–Kier alpha value is -2.42. The van der Waals surface area contributed by atoms with Crippen molar-refractivity contribution in [2.75, 3.05) is 26.2 Å². The van der Waals surface area contributed by atoms with Crippen molar-refractivity contribution in [3.8, 4) is 12.1 Å². The maximum atomic E-state index is 13.2. The molecule has 0 aromatic heterocycles. The van der Waals surface area contributed by atoms with Gasteiger partial charge in [-0.05, 0) is 44.7 Å². The Bertz CT molecular complexity index is 895. The van der Waals surface area contributed by atoms with E-state index in [1.807, 2.05) is 45.0 Å². The lowest BCUT2D eigenvalue weighted by atomic mass is 9.96. The van der Waals surface area contributed by atoms with E-state index in [4.69, 9.17) is 10.5 Å². The molecule has 0 N–H and O–H groups in total. The molecule has 1 heterocycles. The molecule has 1 aromatic rings. The lowest BCUT2D eigenvalue weighted by Gasteiger charge is -2.34. The number of hydrogen-bond acceptors (Lipinski definition) is 5. The summed E-state index contributed by atoms with van der Waals surface area (Å²) in [5, 5.41) is 17.6. The molecule has 0 saturated carbocycles. The monoisotopic (exact) mass is 416 g/mol. The molecule has 29 heavy (non-hydrogen) atoms. The Balaban J connectivity index is 2.10. The standard InChI is InChI=1S/C21H28N4O3S/c1-16-14-17(2)20(18(3)15-16)29(27,28)25-12-6-19(7-13-25)21(26)24(10-4-8-22)11-5-9-23/h14-15,19H,4-7,10-13H2,1-3H3. The van der Waals surface area contributed by atoms with E-state index in [0.29, 0.717) is 30.8 Å². The van der Waals surface area contributed by atoms with Crippen molar-refractivity contribution in [1.82, 2.24) is 9.21 Å². The molecule has 1 aromatic carbocycles. The molecule has 0 spiro atoms. The maximum absolute atomic E-state index is 13.2. The van der Waals surface area contributed by atoms with Gasteiger partial charge in [0.25, 0.3) is 0 Å². The third kappa shape index (κ3) is 5.35. The van der Waals surface area contributed by atoms with E-state index in [0.717, 1.165) is 16.7 Å². The van der Waals surface area contributed by atoms with Crippen LogP contribution >= 0.6 is 0 Å². The highest BCUT2D eigenvalue weighted by molar-refractivity contribution is 7.89. The van der Waals surface area contributed by atoms with Crippen LogP contribution < -0.4 is 0 Å². The fraction of sp³-hybridized carbons (Fsp3) is 0.571. The number of carbonyl (C=O) groups is 1. The maximum Gasteiger partial charge on any atom is 0.243 e. The highest BCUT2D eigenvalue weighted by atomic mass is 32.2. The predicted octanol–water partition coefficient (Wildman–Crippen LogP) is 2.67. The van der Waals surface area contributed by atoms with Crippen molar-refractivity contribution >= 4 is 15.9 Å². The molecule has 8 heteroatoms. The summed E-state index contributed by atoms with van der Waals surface area (Å²) in [4.78, 5) is 14.7. The van der Waals surface area contributed by atoms with Crippen LogP contribution in [0.25, 0.3) is 0 Å². The number of amides is 1. The summed E-state index contributed by atoms with van der Waals surface area (Å²) in [7, 11) is -3.62. The fourth-order valence-corrected chi connectivity index (χ4v) is 5.89. The first-order chi connectivity index (χ1) is 13.7. The van der Waals surface area contributed by atoms with Gasteiger partial charge in [0, 0.05) is 32.1 Å². The zero-order chi connectivity index (χ0) is 21.6. The van der Waals surface area contributed by atoms with E-state index in [-0.39, 0.29) is 37.8 Å². The number of rotatable bonds is 7. The molecule has 1 amide bonds. The van der Waals surface area contributed by atoms with E-state index < -0.39 is 10.0 Å². The van der Waals surface area contributed by atoms with Gasteiger partial charge < -0.3 is 4.90 Å². The van der Waals surface area contributed by atoms with E-state index in [2.05, 4.69) is 0 Å². The van der Waals surface area contributed by atoms with Crippen LogP contribution in [0.3, 0.4) is 0 Å². The average Bonchev–Trinajstić information content (AvgIpc) is 2.66. The number of piperidine rings is 1. The van der Waals surface area contributed by atoms with E-state index in [1.165, 1.54) is 4.31 Å². The Morgan fingerprint density at radius 1 is 1.07 bits per heavy atom.